The van der Waals surface area contributed by atoms with Crippen LogP contribution < -0.4 is 10.1 Å². The summed E-state index contributed by atoms with van der Waals surface area (Å²) in [5.41, 5.74) is 0.910. The molecule has 0 aliphatic heterocycles. The molecule has 6 heteroatoms. The fraction of sp³-hybridized carbons (Fsp3) is 0.0909. The van der Waals surface area contributed by atoms with Gasteiger partial charge in [-0.3, -0.25) is 0 Å². The van der Waals surface area contributed by atoms with E-state index in [9.17, 15) is 0 Å². The highest BCUT2D eigenvalue weighted by molar-refractivity contribution is 14.1. The minimum absolute atomic E-state index is 0.778. The molecule has 0 aliphatic carbocycles. The van der Waals surface area contributed by atoms with E-state index in [2.05, 4.69) is 53.8 Å². The zero-order valence-electron chi connectivity index (χ0n) is 8.95. The maximum atomic E-state index is 5.20. The first-order chi connectivity index (χ1) is 8.19. The molecule has 0 radical (unpaired) electrons. The van der Waals surface area contributed by atoms with Gasteiger partial charge in [-0.1, -0.05) is 15.9 Å². The molecular weight excluding hydrogens is 397 g/mol. The lowest BCUT2D eigenvalue weighted by molar-refractivity contribution is 0.415. The molecule has 0 spiro atoms. The van der Waals surface area contributed by atoms with E-state index in [0.29, 0.717) is 0 Å². The fourth-order valence-electron chi connectivity index (χ4n) is 1.29. The van der Waals surface area contributed by atoms with Crippen LogP contribution in [0, 0.1) is 3.57 Å². The zero-order chi connectivity index (χ0) is 12.3. The van der Waals surface area contributed by atoms with E-state index in [0.717, 1.165) is 25.3 Å². The molecule has 0 saturated heterocycles. The van der Waals surface area contributed by atoms with Crippen LogP contribution in [-0.4, -0.2) is 17.1 Å². The van der Waals surface area contributed by atoms with Crippen molar-refractivity contribution in [2.24, 2.45) is 0 Å². The van der Waals surface area contributed by atoms with E-state index in [1.807, 2.05) is 18.2 Å². The van der Waals surface area contributed by atoms with E-state index in [4.69, 9.17) is 4.74 Å². The number of methoxy groups -OCH3 is 1. The lowest BCUT2D eigenvalue weighted by atomic mass is 10.3. The summed E-state index contributed by atoms with van der Waals surface area (Å²) >= 11 is 5.61. The average molecular weight is 406 g/mol. The summed E-state index contributed by atoms with van der Waals surface area (Å²) in [5, 5.41) is 3.22. The highest BCUT2D eigenvalue weighted by Gasteiger charge is 2.04. The molecule has 4 nitrogen and oxygen atoms in total. The van der Waals surface area contributed by atoms with Crippen molar-refractivity contribution in [2.45, 2.75) is 0 Å². The van der Waals surface area contributed by atoms with Gasteiger partial charge < -0.3 is 10.1 Å². The topological polar surface area (TPSA) is 47.0 Å². The fourth-order valence-corrected chi connectivity index (χ4v) is 2.20. The Kier molecular flexibility index (Phi) is 4.16. The third kappa shape index (κ3) is 3.29. The van der Waals surface area contributed by atoms with Crippen molar-refractivity contribution in [3.05, 3.63) is 38.8 Å². The monoisotopic (exact) mass is 405 g/mol. The minimum Gasteiger partial charge on any atom is -0.497 e. The van der Waals surface area contributed by atoms with Gasteiger partial charge in [0.2, 0.25) is 0 Å². The molecule has 1 aromatic carbocycles. The molecule has 0 aliphatic rings. The van der Waals surface area contributed by atoms with Crippen LogP contribution >= 0.6 is 38.5 Å². The predicted octanol–water partition coefficient (Wildman–Crippen LogP) is 3.60. The number of nitrogens with zero attached hydrogens (tertiary/aromatic N) is 2. The van der Waals surface area contributed by atoms with E-state index in [-0.39, 0.29) is 0 Å². The van der Waals surface area contributed by atoms with Crippen molar-refractivity contribution in [2.75, 3.05) is 12.4 Å². The Labute approximate surface area is 121 Å². The van der Waals surface area contributed by atoms with Gasteiger partial charge in [0, 0.05) is 22.4 Å². The largest absolute Gasteiger partial charge is 0.497 e. The molecule has 1 N–H and O–H groups in total. The number of nitrogens with one attached hydrogen (secondary N) is 1. The summed E-state index contributed by atoms with van der Waals surface area (Å²) in [6.45, 7) is 0. The van der Waals surface area contributed by atoms with E-state index >= 15 is 0 Å². The number of aromatic nitrogens is 2. The lowest BCUT2D eigenvalue weighted by Gasteiger charge is -2.09. The van der Waals surface area contributed by atoms with Crippen LogP contribution in [0.5, 0.6) is 5.75 Å². The van der Waals surface area contributed by atoms with Crippen molar-refractivity contribution in [1.82, 2.24) is 9.97 Å². The summed E-state index contributed by atoms with van der Waals surface area (Å²) in [4.78, 5) is 8.12. The smallest absolute Gasteiger partial charge is 0.147 e. The summed E-state index contributed by atoms with van der Waals surface area (Å²) in [6.07, 6.45) is 3.27. The number of rotatable bonds is 3. The summed E-state index contributed by atoms with van der Waals surface area (Å²) in [7, 11) is 1.64. The molecule has 0 bridgehead atoms. The van der Waals surface area contributed by atoms with Crippen LogP contribution in [0.2, 0.25) is 0 Å². The number of ether oxygens (including phenoxy) is 1. The SMILES string of the molecule is COc1cc(Br)cc(Nc2ncncc2I)c1. The second-order valence-corrected chi connectivity index (χ2v) is 5.30. The molecule has 0 saturated carbocycles. The highest BCUT2D eigenvalue weighted by Crippen LogP contribution is 2.27. The van der Waals surface area contributed by atoms with E-state index in [1.54, 1.807) is 13.3 Å². The lowest BCUT2D eigenvalue weighted by Crippen LogP contribution is -1.97. The average Bonchev–Trinajstić information content (AvgIpc) is 2.31. The molecule has 0 fully saturated rings. The highest BCUT2D eigenvalue weighted by atomic mass is 127. The Morgan fingerprint density at radius 1 is 1.35 bits per heavy atom. The van der Waals surface area contributed by atoms with Crippen LogP contribution in [-0.2, 0) is 0 Å². The first-order valence-corrected chi connectivity index (χ1v) is 6.63. The first kappa shape index (κ1) is 12.6. The molecule has 2 rings (SSSR count). The van der Waals surface area contributed by atoms with Gasteiger partial charge in [0.15, 0.2) is 0 Å². The van der Waals surface area contributed by atoms with Crippen molar-refractivity contribution >= 4 is 50.0 Å². The molecular formula is C11H9BrIN3O. The molecule has 17 heavy (non-hydrogen) atoms. The Balaban J connectivity index is 2.30. The van der Waals surface area contributed by atoms with Gasteiger partial charge in [-0.2, -0.15) is 0 Å². The maximum Gasteiger partial charge on any atom is 0.147 e. The van der Waals surface area contributed by atoms with Crippen LogP contribution in [0.25, 0.3) is 0 Å². The molecule has 0 amide bonds. The van der Waals surface area contributed by atoms with Crippen molar-refractivity contribution in [1.29, 1.82) is 0 Å². The zero-order valence-corrected chi connectivity index (χ0v) is 12.7. The van der Waals surface area contributed by atoms with Crippen molar-refractivity contribution in [3.8, 4) is 5.75 Å². The minimum atomic E-state index is 0.778. The molecule has 1 heterocycles. The van der Waals surface area contributed by atoms with Crippen LogP contribution in [0.15, 0.2) is 35.2 Å². The summed E-state index contributed by atoms with van der Waals surface area (Å²) < 4.78 is 7.11. The van der Waals surface area contributed by atoms with Crippen molar-refractivity contribution < 1.29 is 4.74 Å². The Bertz CT molecular complexity index is 536. The van der Waals surface area contributed by atoms with E-state index < -0.39 is 0 Å². The number of anilines is 2. The predicted molar refractivity (Wildman–Crippen MR) is 78.7 cm³/mol. The van der Waals surface area contributed by atoms with Crippen LogP contribution in [0.3, 0.4) is 0 Å². The molecule has 2 aromatic rings. The van der Waals surface area contributed by atoms with Crippen molar-refractivity contribution in [3.63, 3.8) is 0 Å². The summed E-state index contributed by atoms with van der Waals surface area (Å²) in [6, 6.07) is 5.76. The van der Waals surface area contributed by atoms with Gasteiger partial charge in [0.1, 0.15) is 17.9 Å². The molecule has 88 valence electrons. The third-order valence-corrected chi connectivity index (χ3v) is 3.28. The maximum absolute atomic E-state index is 5.20. The van der Waals surface area contributed by atoms with Gasteiger partial charge in [-0.15, -0.1) is 0 Å². The molecule has 0 atom stereocenters. The number of benzene rings is 1. The Morgan fingerprint density at radius 2 is 2.18 bits per heavy atom. The summed E-state index contributed by atoms with van der Waals surface area (Å²) in [5.74, 6) is 1.56. The normalized spacial score (nSPS) is 10.1. The van der Waals surface area contributed by atoms with Gasteiger partial charge in [-0.05, 0) is 34.7 Å². The Morgan fingerprint density at radius 3 is 2.88 bits per heavy atom. The Hall–Kier alpha value is -0.890. The quantitative estimate of drug-likeness (QED) is 0.792. The number of hydrogen-bond acceptors (Lipinski definition) is 4. The molecule has 1 aromatic heterocycles. The van der Waals surface area contributed by atoms with E-state index in [1.165, 1.54) is 6.33 Å². The van der Waals surface area contributed by atoms with Gasteiger partial charge in [0.05, 0.1) is 10.7 Å². The second kappa shape index (κ2) is 5.63. The van der Waals surface area contributed by atoms with Gasteiger partial charge in [0.25, 0.3) is 0 Å². The molecule has 0 unspecified atom stereocenters. The van der Waals surface area contributed by atoms with Gasteiger partial charge in [-0.25, -0.2) is 9.97 Å². The van der Waals surface area contributed by atoms with Crippen LogP contribution in [0.1, 0.15) is 0 Å². The number of halogens is 2. The standard InChI is InChI=1S/C11H9BrIN3O/c1-17-9-3-7(12)2-8(4-9)16-11-10(13)5-14-6-15-11/h2-6H,1H3,(H,14,15,16). The second-order valence-electron chi connectivity index (χ2n) is 3.22. The third-order valence-electron chi connectivity index (χ3n) is 2.04. The van der Waals surface area contributed by atoms with Crippen LogP contribution in [0.4, 0.5) is 11.5 Å². The number of hydrogen-bond donors (Lipinski definition) is 1. The first-order valence-electron chi connectivity index (χ1n) is 4.76. The van der Waals surface area contributed by atoms with Gasteiger partial charge >= 0.3 is 0 Å².